The number of H-pyrrole nitrogens is 1. The third-order valence-electron chi connectivity index (χ3n) is 4.13. The number of nitrogens with zero attached hydrogens (tertiary/aromatic N) is 3. The van der Waals surface area contributed by atoms with Gasteiger partial charge in [-0.3, -0.25) is 19.4 Å². The molecular weight excluding hydrogens is 380 g/mol. The molecule has 0 unspecified atom stereocenters. The van der Waals surface area contributed by atoms with E-state index < -0.39 is 5.91 Å². The van der Waals surface area contributed by atoms with Crippen molar-refractivity contribution in [3.8, 4) is 10.4 Å². The van der Waals surface area contributed by atoms with Gasteiger partial charge in [0.15, 0.2) is 0 Å². The Morgan fingerprint density at radius 2 is 2.11 bits per heavy atom. The Kier molecular flexibility index (Phi) is 4.24. The van der Waals surface area contributed by atoms with Crippen molar-refractivity contribution in [2.45, 2.75) is 6.92 Å². The van der Waals surface area contributed by atoms with Gasteiger partial charge < -0.3 is 16.0 Å². The van der Waals surface area contributed by atoms with Gasteiger partial charge in [-0.1, -0.05) is 0 Å². The zero-order valence-electron chi connectivity index (χ0n) is 14.6. The summed E-state index contributed by atoms with van der Waals surface area (Å²) in [5.41, 5.74) is 7.45. The van der Waals surface area contributed by atoms with Gasteiger partial charge in [-0.25, -0.2) is 4.52 Å². The lowest BCUT2D eigenvalue weighted by Gasteiger charge is -2.08. The van der Waals surface area contributed by atoms with Gasteiger partial charge in [0.25, 0.3) is 5.91 Å². The number of fused-ring (bicyclic) bond motifs is 1. The Balaban J connectivity index is 1.67. The van der Waals surface area contributed by atoms with Crippen LogP contribution in [-0.4, -0.2) is 31.4 Å². The molecular formula is C18H14N6O3S. The standard InChI is InChI=1S/C18H14N6O3S/c1-9-13(4-11(6-20-9)16(19)26)23-17(27)12-7-22-24-8-14(28-18(12)24)10-2-3-15(25)21-5-10/h2-8H,1H3,(H2,19,26)(H,21,25)(H,23,27). The summed E-state index contributed by atoms with van der Waals surface area (Å²) in [7, 11) is 0. The van der Waals surface area contributed by atoms with E-state index in [4.69, 9.17) is 5.73 Å². The van der Waals surface area contributed by atoms with Crippen molar-refractivity contribution in [1.82, 2.24) is 19.6 Å². The fourth-order valence-corrected chi connectivity index (χ4v) is 3.68. The van der Waals surface area contributed by atoms with Crippen LogP contribution in [0.4, 0.5) is 5.69 Å². The third kappa shape index (κ3) is 3.16. The Morgan fingerprint density at radius 1 is 1.29 bits per heavy atom. The zero-order chi connectivity index (χ0) is 19.8. The van der Waals surface area contributed by atoms with Gasteiger partial charge in [0.05, 0.1) is 33.6 Å². The minimum atomic E-state index is -0.625. The number of aromatic amines is 1. The fraction of sp³-hybridized carbons (Fsp3) is 0.0556. The number of aryl methyl sites for hydroxylation is 1. The van der Waals surface area contributed by atoms with Crippen LogP contribution in [-0.2, 0) is 0 Å². The van der Waals surface area contributed by atoms with Gasteiger partial charge in [-0.05, 0) is 19.1 Å². The number of anilines is 1. The molecule has 0 aliphatic carbocycles. The highest BCUT2D eigenvalue weighted by molar-refractivity contribution is 7.21. The molecule has 4 aromatic heterocycles. The van der Waals surface area contributed by atoms with Crippen LogP contribution in [0.15, 0.2) is 47.8 Å². The maximum atomic E-state index is 12.8. The molecule has 140 valence electrons. The van der Waals surface area contributed by atoms with Gasteiger partial charge in [0, 0.05) is 30.2 Å². The normalized spacial score (nSPS) is 10.9. The molecule has 10 heteroatoms. The number of thiazole rings is 1. The van der Waals surface area contributed by atoms with Crippen molar-refractivity contribution < 1.29 is 9.59 Å². The number of amides is 2. The number of pyridine rings is 2. The number of aromatic nitrogens is 4. The summed E-state index contributed by atoms with van der Waals surface area (Å²) in [6.07, 6.45) is 6.22. The van der Waals surface area contributed by atoms with Crippen LogP contribution in [0.3, 0.4) is 0 Å². The van der Waals surface area contributed by atoms with E-state index in [2.05, 4.69) is 20.4 Å². The van der Waals surface area contributed by atoms with E-state index in [1.165, 1.54) is 35.9 Å². The van der Waals surface area contributed by atoms with Gasteiger partial charge in [0.1, 0.15) is 4.83 Å². The Bertz CT molecular complexity index is 1270. The highest BCUT2D eigenvalue weighted by Gasteiger charge is 2.18. The highest BCUT2D eigenvalue weighted by atomic mass is 32.1. The summed E-state index contributed by atoms with van der Waals surface area (Å²) in [6.45, 7) is 1.72. The Hall–Kier alpha value is -3.79. The van der Waals surface area contributed by atoms with Gasteiger partial charge in [-0.2, -0.15) is 5.10 Å². The Labute approximate surface area is 161 Å². The first kappa shape index (κ1) is 17.6. The monoisotopic (exact) mass is 394 g/mol. The molecule has 28 heavy (non-hydrogen) atoms. The molecule has 0 atom stereocenters. The molecule has 4 rings (SSSR count). The second-order valence-corrected chi connectivity index (χ2v) is 7.05. The number of rotatable bonds is 4. The van der Waals surface area contributed by atoms with E-state index in [9.17, 15) is 14.4 Å². The van der Waals surface area contributed by atoms with Crippen LogP contribution in [0.5, 0.6) is 0 Å². The quantitative estimate of drug-likeness (QED) is 0.485. The minimum Gasteiger partial charge on any atom is -0.366 e. The highest BCUT2D eigenvalue weighted by Crippen LogP contribution is 2.30. The van der Waals surface area contributed by atoms with Crippen molar-refractivity contribution in [1.29, 1.82) is 0 Å². The van der Waals surface area contributed by atoms with Crippen LogP contribution in [0.25, 0.3) is 15.3 Å². The maximum absolute atomic E-state index is 12.8. The summed E-state index contributed by atoms with van der Waals surface area (Å²) in [4.78, 5) is 43.5. The molecule has 4 heterocycles. The molecule has 0 aromatic carbocycles. The predicted molar refractivity (Wildman–Crippen MR) is 105 cm³/mol. The molecule has 4 N–H and O–H groups in total. The lowest BCUT2D eigenvalue weighted by atomic mass is 10.2. The number of carbonyl (C=O) groups excluding carboxylic acids is 2. The average Bonchev–Trinajstić information content (AvgIpc) is 3.24. The van der Waals surface area contributed by atoms with Crippen LogP contribution >= 0.6 is 11.3 Å². The van der Waals surface area contributed by atoms with Gasteiger partial charge >= 0.3 is 0 Å². The first-order valence-corrected chi connectivity index (χ1v) is 8.98. The molecule has 4 aromatic rings. The lowest BCUT2D eigenvalue weighted by Crippen LogP contribution is -2.16. The molecule has 2 amide bonds. The summed E-state index contributed by atoms with van der Waals surface area (Å²) >= 11 is 1.37. The fourth-order valence-electron chi connectivity index (χ4n) is 2.62. The molecule has 0 radical (unpaired) electrons. The number of primary amides is 1. The van der Waals surface area contributed by atoms with Gasteiger partial charge in [-0.15, -0.1) is 11.3 Å². The van der Waals surface area contributed by atoms with Crippen molar-refractivity contribution in [2.75, 3.05) is 5.32 Å². The molecule has 0 aliphatic rings. The van der Waals surface area contributed by atoms with E-state index in [1.807, 2.05) is 0 Å². The summed E-state index contributed by atoms with van der Waals surface area (Å²) in [5, 5.41) is 6.97. The van der Waals surface area contributed by atoms with Crippen LogP contribution < -0.4 is 16.6 Å². The second kappa shape index (κ2) is 6.74. The average molecular weight is 394 g/mol. The zero-order valence-corrected chi connectivity index (χ0v) is 15.4. The number of nitrogens with two attached hydrogens (primary N) is 1. The summed E-state index contributed by atoms with van der Waals surface area (Å²) in [6, 6.07) is 4.63. The van der Waals surface area contributed by atoms with Crippen molar-refractivity contribution in [2.24, 2.45) is 5.73 Å². The largest absolute Gasteiger partial charge is 0.366 e. The predicted octanol–water partition coefficient (Wildman–Crippen LogP) is 1.81. The number of carbonyl (C=O) groups is 2. The van der Waals surface area contributed by atoms with Crippen molar-refractivity contribution in [3.63, 3.8) is 0 Å². The van der Waals surface area contributed by atoms with Gasteiger partial charge in [0.2, 0.25) is 11.5 Å². The smallest absolute Gasteiger partial charge is 0.260 e. The molecule has 0 saturated carbocycles. The first-order valence-electron chi connectivity index (χ1n) is 8.16. The first-order chi connectivity index (χ1) is 13.4. The van der Waals surface area contributed by atoms with Crippen molar-refractivity contribution in [3.05, 3.63) is 70.2 Å². The van der Waals surface area contributed by atoms with E-state index in [-0.39, 0.29) is 17.0 Å². The van der Waals surface area contributed by atoms with Crippen LogP contribution in [0, 0.1) is 6.92 Å². The number of nitrogens with one attached hydrogen (secondary N) is 2. The molecule has 0 saturated heterocycles. The molecule has 9 nitrogen and oxygen atoms in total. The third-order valence-corrected chi connectivity index (χ3v) is 5.29. The van der Waals surface area contributed by atoms with E-state index >= 15 is 0 Å². The molecule has 0 aliphatic heterocycles. The maximum Gasteiger partial charge on any atom is 0.260 e. The van der Waals surface area contributed by atoms with Crippen molar-refractivity contribution >= 4 is 33.7 Å². The van der Waals surface area contributed by atoms with E-state index in [0.717, 1.165) is 10.4 Å². The topological polar surface area (TPSA) is 135 Å². The number of hydrogen-bond acceptors (Lipinski definition) is 6. The molecule has 0 bridgehead atoms. The van der Waals surface area contributed by atoms with E-state index in [0.29, 0.717) is 21.8 Å². The van der Waals surface area contributed by atoms with Crippen LogP contribution in [0.1, 0.15) is 26.4 Å². The number of hydrogen-bond donors (Lipinski definition) is 3. The summed E-state index contributed by atoms with van der Waals surface area (Å²) in [5.74, 6) is -1.00. The second-order valence-electron chi connectivity index (χ2n) is 6.02. The minimum absolute atomic E-state index is 0.188. The SMILES string of the molecule is Cc1ncc(C(N)=O)cc1NC(=O)c1cnn2cc(-c3ccc(=O)[nH]c3)sc12. The van der Waals surface area contributed by atoms with E-state index in [1.54, 1.807) is 29.9 Å². The lowest BCUT2D eigenvalue weighted by molar-refractivity contribution is 0.0996. The molecule has 0 spiro atoms. The summed E-state index contributed by atoms with van der Waals surface area (Å²) < 4.78 is 1.60. The Morgan fingerprint density at radius 3 is 2.82 bits per heavy atom. The van der Waals surface area contributed by atoms with Crippen LogP contribution in [0.2, 0.25) is 0 Å². The molecule has 0 fully saturated rings.